The van der Waals surface area contributed by atoms with Crippen LogP contribution in [0.4, 0.5) is 32.0 Å². The van der Waals surface area contributed by atoms with E-state index in [4.69, 9.17) is 4.74 Å². The molecule has 2 aromatic carbocycles. The molecule has 0 aliphatic carbocycles. The summed E-state index contributed by atoms with van der Waals surface area (Å²) in [6, 6.07) is 5.69. The van der Waals surface area contributed by atoms with E-state index in [2.05, 4.69) is 0 Å². The minimum Gasteiger partial charge on any atom is -0.457 e. The molecule has 0 saturated carbocycles. The molecule has 1 aliphatic rings. The summed E-state index contributed by atoms with van der Waals surface area (Å²) >= 11 is 0. The van der Waals surface area contributed by atoms with Gasteiger partial charge in [0.25, 0.3) is 11.8 Å². The molecular weight excluding hydrogens is 404 g/mol. The monoisotopic (exact) mass is 415 g/mol. The van der Waals surface area contributed by atoms with Crippen LogP contribution in [0.5, 0.6) is 11.5 Å². The first-order valence-corrected chi connectivity index (χ1v) is 8.00. The van der Waals surface area contributed by atoms with E-state index in [-0.39, 0.29) is 11.3 Å². The van der Waals surface area contributed by atoms with Crippen molar-refractivity contribution in [2.24, 2.45) is 0 Å². The molecule has 1 heterocycles. The maximum Gasteiger partial charge on any atom is 0.416 e. The molecule has 0 bridgehead atoms. The number of anilines is 1. The number of nitrogens with zero attached hydrogens (tertiary/aromatic N) is 1. The molecule has 2 amide bonds. The number of hydrogen-bond donors (Lipinski definition) is 0. The van der Waals surface area contributed by atoms with Crippen LogP contribution in [-0.2, 0) is 21.9 Å². The Kier molecular flexibility index (Phi) is 4.89. The zero-order valence-corrected chi connectivity index (χ0v) is 14.6. The SMILES string of the molecule is CC1=CC(=O)N(c2cc(Oc3cccc(C(F)(F)F)c3)cc(C(F)(F)F)c2)C1=O. The number of halogens is 6. The number of imide groups is 1. The van der Waals surface area contributed by atoms with Gasteiger partial charge in [-0.15, -0.1) is 0 Å². The van der Waals surface area contributed by atoms with Gasteiger partial charge in [-0.1, -0.05) is 6.07 Å². The summed E-state index contributed by atoms with van der Waals surface area (Å²) in [4.78, 5) is 24.6. The second-order valence-electron chi connectivity index (χ2n) is 6.15. The van der Waals surface area contributed by atoms with E-state index in [1.165, 1.54) is 6.92 Å². The molecule has 0 aromatic heterocycles. The van der Waals surface area contributed by atoms with Crippen LogP contribution in [0.1, 0.15) is 18.1 Å². The molecule has 0 radical (unpaired) electrons. The van der Waals surface area contributed by atoms with Crippen LogP contribution in [0, 0.1) is 0 Å². The number of amides is 2. The Labute approximate surface area is 160 Å². The number of hydrogen-bond acceptors (Lipinski definition) is 3. The Morgan fingerprint density at radius 2 is 1.45 bits per heavy atom. The van der Waals surface area contributed by atoms with Crippen molar-refractivity contribution >= 4 is 17.5 Å². The Bertz CT molecular complexity index is 1020. The predicted molar refractivity (Wildman–Crippen MR) is 89.2 cm³/mol. The van der Waals surface area contributed by atoms with E-state index < -0.39 is 46.7 Å². The smallest absolute Gasteiger partial charge is 0.416 e. The van der Waals surface area contributed by atoms with Crippen LogP contribution in [-0.4, -0.2) is 11.8 Å². The fourth-order valence-corrected chi connectivity index (χ4v) is 2.64. The molecule has 0 fully saturated rings. The number of carbonyl (C=O) groups is 2. The number of benzene rings is 2. The lowest BCUT2D eigenvalue weighted by molar-refractivity contribution is -0.138. The predicted octanol–water partition coefficient (Wildman–Crippen LogP) is 5.34. The molecule has 0 unspecified atom stereocenters. The van der Waals surface area contributed by atoms with Gasteiger partial charge in [0.05, 0.1) is 16.8 Å². The lowest BCUT2D eigenvalue weighted by Gasteiger charge is -2.19. The van der Waals surface area contributed by atoms with Crippen molar-refractivity contribution in [2.75, 3.05) is 4.90 Å². The number of alkyl halides is 6. The van der Waals surface area contributed by atoms with E-state index in [1.54, 1.807) is 0 Å². The second kappa shape index (κ2) is 6.94. The largest absolute Gasteiger partial charge is 0.457 e. The zero-order chi connectivity index (χ0) is 21.6. The van der Waals surface area contributed by atoms with E-state index in [1.807, 2.05) is 0 Å². The third-order valence-electron chi connectivity index (χ3n) is 3.97. The Morgan fingerprint density at radius 3 is 2.00 bits per heavy atom. The van der Waals surface area contributed by atoms with Gasteiger partial charge in [0.2, 0.25) is 0 Å². The van der Waals surface area contributed by atoms with Gasteiger partial charge < -0.3 is 4.74 Å². The fourth-order valence-electron chi connectivity index (χ4n) is 2.64. The van der Waals surface area contributed by atoms with Gasteiger partial charge in [-0.05, 0) is 37.3 Å². The maximum atomic E-state index is 13.3. The fraction of sp³-hybridized carbons (Fsp3) is 0.158. The quantitative estimate of drug-likeness (QED) is 0.503. The second-order valence-corrected chi connectivity index (χ2v) is 6.15. The molecule has 1 aliphatic heterocycles. The molecule has 0 spiro atoms. The summed E-state index contributed by atoms with van der Waals surface area (Å²) in [5, 5.41) is 0. The van der Waals surface area contributed by atoms with Gasteiger partial charge in [-0.3, -0.25) is 9.59 Å². The summed E-state index contributed by atoms with van der Waals surface area (Å²) in [6.45, 7) is 1.33. The molecule has 2 aromatic rings. The van der Waals surface area contributed by atoms with Crippen LogP contribution in [0.2, 0.25) is 0 Å². The van der Waals surface area contributed by atoms with Gasteiger partial charge in [0.1, 0.15) is 11.5 Å². The average molecular weight is 415 g/mol. The van der Waals surface area contributed by atoms with Crippen LogP contribution >= 0.6 is 0 Å². The summed E-state index contributed by atoms with van der Waals surface area (Å²) in [5.74, 6) is -2.49. The maximum absolute atomic E-state index is 13.3. The number of rotatable bonds is 3. The first-order valence-electron chi connectivity index (χ1n) is 8.00. The minimum atomic E-state index is -4.85. The van der Waals surface area contributed by atoms with Gasteiger partial charge in [-0.2, -0.15) is 26.3 Å². The topological polar surface area (TPSA) is 46.6 Å². The van der Waals surface area contributed by atoms with Crippen molar-refractivity contribution in [3.05, 3.63) is 65.2 Å². The van der Waals surface area contributed by atoms with Crippen LogP contribution in [0.15, 0.2) is 54.1 Å². The molecule has 152 valence electrons. The van der Waals surface area contributed by atoms with Crippen LogP contribution in [0.3, 0.4) is 0 Å². The van der Waals surface area contributed by atoms with Crippen molar-refractivity contribution in [1.29, 1.82) is 0 Å². The zero-order valence-electron chi connectivity index (χ0n) is 14.6. The van der Waals surface area contributed by atoms with Crippen molar-refractivity contribution < 1.29 is 40.7 Å². The average Bonchev–Trinajstić information content (AvgIpc) is 2.85. The van der Waals surface area contributed by atoms with E-state index in [0.717, 1.165) is 30.3 Å². The highest BCUT2D eigenvalue weighted by Gasteiger charge is 2.35. The molecule has 0 atom stereocenters. The summed E-state index contributed by atoms with van der Waals surface area (Å²) in [6.07, 6.45) is -8.55. The molecule has 10 heteroatoms. The van der Waals surface area contributed by atoms with E-state index in [9.17, 15) is 35.9 Å². The Hall–Kier alpha value is -3.30. The molecule has 0 saturated heterocycles. The van der Waals surface area contributed by atoms with E-state index >= 15 is 0 Å². The molecule has 3 rings (SSSR count). The van der Waals surface area contributed by atoms with Gasteiger partial charge in [-0.25, -0.2) is 4.90 Å². The lowest BCUT2D eigenvalue weighted by Crippen LogP contribution is -2.30. The summed E-state index contributed by atoms with van der Waals surface area (Å²) in [7, 11) is 0. The highest BCUT2D eigenvalue weighted by molar-refractivity contribution is 6.30. The lowest BCUT2D eigenvalue weighted by atomic mass is 10.1. The molecule has 29 heavy (non-hydrogen) atoms. The number of carbonyl (C=O) groups excluding carboxylic acids is 2. The third-order valence-corrected chi connectivity index (χ3v) is 3.97. The first kappa shape index (κ1) is 20.4. The van der Waals surface area contributed by atoms with Crippen molar-refractivity contribution in [2.45, 2.75) is 19.3 Å². The third kappa shape index (κ3) is 4.25. The molecule has 0 N–H and O–H groups in total. The van der Waals surface area contributed by atoms with Crippen molar-refractivity contribution in [3.63, 3.8) is 0 Å². The molecule has 4 nitrogen and oxygen atoms in total. The Balaban J connectivity index is 2.04. The van der Waals surface area contributed by atoms with Gasteiger partial charge in [0.15, 0.2) is 0 Å². The summed E-state index contributed by atoms with van der Waals surface area (Å²) in [5.41, 5.74) is -2.66. The Morgan fingerprint density at radius 1 is 0.828 bits per heavy atom. The summed E-state index contributed by atoms with van der Waals surface area (Å²) < 4.78 is 83.4. The standard InChI is InChI=1S/C19H11F6NO3/c1-10-5-16(27)26(17(10)28)13-6-12(19(23,24)25)8-15(9-13)29-14-4-2-3-11(7-14)18(20,21)22/h2-9H,1H3. The van der Waals surface area contributed by atoms with Crippen LogP contribution in [0.25, 0.3) is 0 Å². The highest BCUT2D eigenvalue weighted by Crippen LogP contribution is 2.38. The van der Waals surface area contributed by atoms with E-state index in [0.29, 0.717) is 23.1 Å². The van der Waals surface area contributed by atoms with Crippen LogP contribution < -0.4 is 9.64 Å². The first-order chi connectivity index (χ1) is 13.4. The molecular formula is C19H11F6NO3. The normalized spacial score (nSPS) is 15.0. The van der Waals surface area contributed by atoms with Gasteiger partial charge >= 0.3 is 12.4 Å². The highest BCUT2D eigenvalue weighted by atomic mass is 19.4. The van der Waals surface area contributed by atoms with Crippen molar-refractivity contribution in [3.8, 4) is 11.5 Å². The van der Waals surface area contributed by atoms with Crippen molar-refractivity contribution in [1.82, 2.24) is 0 Å². The number of ether oxygens (including phenoxy) is 1. The minimum absolute atomic E-state index is 0.0350. The van der Waals surface area contributed by atoms with Gasteiger partial charge in [0, 0.05) is 17.7 Å².